The van der Waals surface area contributed by atoms with E-state index < -0.39 is 0 Å². The van der Waals surface area contributed by atoms with Crippen LogP contribution in [0.3, 0.4) is 0 Å². The maximum Gasteiger partial charge on any atom is 0.191 e. The van der Waals surface area contributed by atoms with Crippen LogP contribution in [0.15, 0.2) is 11.2 Å². The van der Waals surface area contributed by atoms with Crippen molar-refractivity contribution in [2.75, 3.05) is 30.5 Å². The Kier molecular flexibility index (Phi) is 7.13. The average Bonchev–Trinajstić information content (AvgIpc) is 2.45. The number of nitrogens with zero attached hydrogens (tertiary/aromatic N) is 2. The Morgan fingerprint density at radius 3 is 2.50 bits per heavy atom. The lowest BCUT2D eigenvalue weighted by Gasteiger charge is -2.25. The van der Waals surface area contributed by atoms with Crippen LogP contribution in [0.2, 0.25) is 0 Å². The maximum atomic E-state index is 4.50. The summed E-state index contributed by atoms with van der Waals surface area (Å²) in [6.07, 6.45) is 7.13. The molecule has 0 radical (unpaired) electrons. The Morgan fingerprint density at radius 1 is 1.20 bits per heavy atom. The van der Waals surface area contributed by atoms with E-state index in [1.54, 1.807) is 11.8 Å². The van der Waals surface area contributed by atoms with Gasteiger partial charge in [-0.3, -0.25) is 0 Å². The minimum atomic E-state index is 0.291. The fourth-order valence-electron chi connectivity index (χ4n) is 2.01. The van der Waals surface area contributed by atoms with Crippen LogP contribution >= 0.6 is 11.8 Å². The number of nitrogens with one attached hydrogen (secondary N) is 2. The molecule has 0 aliphatic rings. The lowest BCUT2D eigenvalue weighted by molar-refractivity contribution is 0.342. The third-order valence-corrected chi connectivity index (χ3v) is 3.90. The lowest BCUT2D eigenvalue weighted by Crippen LogP contribution is -2.23. The van der Waals surface area contributed by atoms with Gasteiger partial charge in [-0.25, -0.2) is 9.97 Å². The number of rotatable bonds is 9. The molecule has 1 aromatic rings. The Morgan fingerprint density at radius 2 is 1.90 bits per heavy atom. The molecule has 0 spiro atoms. The maximum absolute atomic E-state index is 4.50. The Labute approximate surface area is 127 Å². The number of hydrogen-bond acceptors (Lipinski definition) is 5. The minimum Gasteiger partial charge on any atom is -0.373 e. The van der Waals surface area contributed by atoms with Crippen molar-refractivity contribution in [3.05, 3.63) is 6.07 Å². The van der Waals surface area contributed by atoms with E-state index in [0.29, 0.717) is 5.41 Å². The van der Waals surface area contributed by atoms with Crippen LogP contribution in [0.5, 0.6) is 0 Å². The second-order valence-electron chi connectivity index (χ2n) is 5.85. The Hall–Kier alpha value is -0.970. The molecule has 114 valence electrons. The van der Waals surface area contributed by atoms with E-state index in [4.69, 9.17) is 0 Å². The molecule has 1 heterocycles. The van der Waals surface area contributed by atoms with E-state index in [-0.39, 0.29) is 0 Å². The fourth-order valence-corrected chi connectivity index (χ4v) is 2.39. The second-order valence-corrected chi connectivity index (χ2v) is 6.62. The third kappa shape index (κ3) is 5.99. The van der Waals surface area contributed by atoms with Crippen molar-refractivity contribution in [1.82, 2.24) is 9.97 Å². The first-order valence-electron chi connectivity index (χ1n) is 7.35. The van der Waals surface area contributed by atoms with E-state index >= 15 is 0 Å². The van der Waals surface area contributed by atoms with Crippen LogP contribution in [0.4, 0.5) is 11.6 Å². The van der Waals surface area contributed by atoms with Crippen molar-refractivity contribution in [2.45, 2.75) is 51.6 Å². The third-order valence-electron chi connectivity index (χ3n) is 3.35. The lowest BCUT2D eigenvalue weighted by atomic mass is 9.87. The Bertz CT molecular complexity index is 385. The summed E-state index contributed by atoms with van der Waals surface area (Å²) in [4.78, 5) is 8.88. The average molecular weight is 296 g/mol. The normalized spacial score (nSPS) is 11.4. The van der Waals surface area contributed by atoms with Gasteiger partial charge in [0.2, 0.25) is 0 Å². The molecule has 0 fully saturated rings. The largest absolute Gasteiger partial charge is 0.373 e. The SMILES string of the molecule is CCCCCC(C)(C)CNc1cc(NC)nc(SC)n1. The van der Waals surface area contributed by atoms with Crippen LogP contribution in [0, 0.1) is 5.41 Å². The highest BCUT2D eigenvalue weighted by Gasteiger charge is 2.17. The number of thioether (sulfide) groups is 1. The number of aromatic nitrogens is 2. The van der Waals surface area contributed by atoms with Crippen molar-refractivity contribution in [3.63, 3.8) is 0 Å². The number of unbranched alkanes of at least 4 members (excludes halogenated alkanes) is 2. The van der Waals surface area contributed by atoms with Gasteiger partial charge in [-0.05, 0) is 18.1 Å². The van der Waals surface area contributed by atoms with Crippen LogP contribution in [0.1, 0.15) is 46.5 Å². The van der Waals surface area contributed by atoms with Crippen LogP contribution in [-0.4, -0.2) is 29.8 Å². The number of anilines is 2. The molecule has 0 saturated carbocycles. The summed E-state index contributed by atoms with van der Waals surface area (Å²) in [6.45, 7) is 7.80. The zero-order valence-electron chi connectivity index (χ0n) is 13.4. The molecule has 0 aromatic carbocycles. The van der Waals surface area contributed by atoms with Crippen molar-refractivity contribution in [3.8, 4) is 0 Å². The van der Waals surface area contributed by atoms with Crippen LogP contribution < -0.4 is 10.6 Å². The van der Waals surface area contributed by atoms with Crippen LogP contribution in [-0.2, 0) is 0 Å². The molecular formula is C15H28N4S. The van der Waals surface area contributed by atoms with Gasteiger partial charge >= 0.3 is 0 Å². The summed E-state index contributed by atoms with van der Waals surface area (Å²) in [6, 6.07) is 1.96. The summed E-state index contributed by atoms with van der Waals surface area (Å²) in [5.41, 5.74) is 0.291. The second kappa shape index (κ2) is 8.35. The molecule has 0 saturated heterocycles. The molecule has 0 unspecified atom stereocenters. The monoisotopic (exact) mass is 296 g/mol. The first-order chi connectivity index (χ1) is 9.50. The summed E-state index contributed by atoms with van der Waals surface area (Å²) in [5, 5.41) is 7.33. The van der Waals surface area contributed by atoms with Gasteiger partial charge in [0.05, 0.1) is 0 Å². The van der Waals surface area contributed by atoms with Gasteiger partial charge in [0.25, 0.3) is 0 Å². The molecular weight excluding hydrogens is 268 g/mol. The number of hydrogen-bond donors (Lipinski definition) is 2. The van der Waals surface area contributed by atoms with Crippen molar-refractivity contribution in [2.24, 2.45) is 5.41 Å². The molecule has 0 atom stereocenters. The van der Waals surface area contributed by atoms with Gasteiger partial charge in [-0.2, -0.15) is 0 Å². The van der Waals surface area contributed by atoms with Gasteiger partial charge in [0, 0.05) is 19.7 Å². The smallest absolute Gasteiger partial charge is 0.191 e. The van der Waals surface area contributed by atoms with Gasteiger partial charge in [0.15, 0.2) is 5.16 Å². The molecule has 1 rings (SSSR count). The Balaban J connectivity index is 2.59. The van der Waals surface area contributed by atoms with Gasteiger partial charge in [-0.15, -0.1) is 0 Å². The molecule has 0 amide bonds. The van der Waals surface area contributed by atoms with Crippen molar-refractivity contribution in [1.29, 1.82) is 0 Å². The molecule has 2 N–H and O–H groups in total. The molecule has 0 aliphatic carbocycles. The van der Waals surface area contributed by atoms with Gasteiger partial charge in [-0.1, -0.05) is 51.8 Å². The summed E-state index contributed by atoms with van der Waals surface area (Å²) in [7, 11) is 1.88. The minimum absolute atomic E-state index is 0.291. The van der Waals surface area contributed by atoms with Gasteiger partial charge in [0.1, 0.15) is 11.6 Å². The highest BCUT2D eigenvalue weighted by molar-refractivity contribution is 7.98. The molecule has 5 heteroatoms. The summed E-state index contributed by atoms with van der Waals surface area (Å²) >= 11 is 1.56. The van der Waals surface area contributed by atoms with E-state index in [1.165, 1.54) is 25.7 Å². The zero-order valence-corrected chi connectivity index (χ0v) is 14.2. The van der Waals surface area contributed by atoms with Gasteiger partial charge < -0.3 is 10.6 Å². The zero-order chi connectivity index (χ0) is 15.0. The highest BCUT2D eigenvalue weighted by atomic mass is 32.2. The summed E-state index contributed by atoms with van der Waals surface area (Å²) in [5.74, 6) is 1.76. The highest BCUT2D eigenvalue weighted by Crippen LogP contribution is 2.25. The molecule has 0 aliphatic heterocycles. The van der Waals surface area contributed by atoms with E-state index in [1.807, 2.05) is 19.4 Å². The van der Waals surface area contributed by atoms with Crippen LogP contribution in [0.25, 0.3) is 0 Å². The van der Waals surface area contributed by atoms with Crippen molar-refractivity contribution >= 4 is 23.4 Å². The first-order valence-corrected chi connectivity index (χ1v) is 8.58. The van der Waals surface area contributed by atoms with E-state index in [2.05, 4.69) is 41.4 Å². The fraction of sp³-hybridized carbons (Fsp3) is 0.733. The van der Waals surface area contributed by atoms with Crippen molar-refractivity contribution < 1.29 is 0 Å². The quantitative estimate of drug-likeness (QED) is 0.405. The molecule has 4 nitrogen and oxygen atoms in total. The first kappa shape index (κ1) is 17.1. The molecule has 0 bridgehead atoms. The molecule has 20 heavy (non-hydrogen) atoms. The molecule has 1 aromatic heterocycles. The predicted octanol–water partition coefficient (Wildman–Crippen LogP) is 4.26. The van der Waals surface area contributed by atoms with E-state index in [9.17, 15) is 0 Å². The standard InChI is InChI=1S/C15H28N4S/c1-6-7-8-9-15(2,3)11-17-13-10-12(16-4)18-14(19-13)20-5/h10H,6-9,11H2,1-5H3,(H2,16,17,18,19). The topological polar surface area (TPSA) is 49.8 Å². The van der Waals surface area contributed by atoms with E-state index in [0.717, 1.165) is 23.3 Å². The predicted molar refractivity (Wildman–Crippen MR) is 89.8 cm³/mol. The summed E-state index contributed by atoms with van der Waals surface area (Å²) < 4.78 is 0.